The van der Waals surface area contributed by atoms with E-state index in [-0.39, 0.29) is 5.56 Å². The molecule has 14 heavy (non-hydrogen) atoms. The first-order valence-corrected chi connectivity index (χ1v) is 5.03. The number of halogens is 2. The maximum absolute atomic E-state index is 12.6. The highest BCUT2D eigenvalue weighted by Gasteiger charge is 2.15. The molecule has 1 aromatic carbocycles. The predicted octanol–water partition coefficient (Wildman–Crippen LogP) is 3.73. The number of nitrogens with two attached hydrogens (primary N) is 1. The Morgan fingerprint density at radius 1 is 1.36 bits per heavy atom. The summed E-state index contributed by atoms with van der Waals surface area (Å²) in [4.78, 5) is 0. The van der Waals surface area contributed by atoms with Gasteiger partial charge < -0.3 is 5.73 Å². The van der Waals surface area contributed by atoms with E-state index < -0.39 is 6.43 Å². The van der Waals surface area contributed by atoms with Crippen molar-refractivity contribution in [3.8, 4) is 0 Å². The summed E-state index contributed by atoms with van der Waals surface area (Å²) in [5.74, 6) is 0. The molecular formula is C10H9F2NS. The molecule has 0 saturated carbocycles. The summed E-state index contributed by atoms with van der Waals surface area (Å²) in [7, 11) is 0. The van der Waals surface area contributed by atoms with E-state index in [1.165, 1.54) is 17.4 Å². The lowest BCUT2D eigenvalue weighted by Crippen LogP contribution is -1.90. The van der Waals surface area contributed by atoms with Crippen molar-refractivity contribution in [3.05, 3.63) is 28.6 Å². The minimum atomic E-state index is -2.46. The molecule has 2 aromatic rings. The lowest BCUT2D eigenvalue weighted by atomic mass is 10.1. The number of aryl methyl sites for hydroxylation is 1. The minimum absolute atomic E-state index is 0.0318. The number of benzene rings is 1. The van der Waals surface area contributed by atoms with Gasteiger partial charge in [-0.15, -0.1) is 11.3 Å². The zero-order valence-electron chi connectivity index (χ0n) is 7.55. The zero-order valence-corrected chi connectivity index (χ0v) is 8.37. The SMILES string of the molecule is Cc1ccc(C(F)F)c2c(N)csc12. The Hall–Kier alpha value is -1.16. The number of rotatable bonds is 1. The topological polar surface area (TPSA) is 26.0 Å². The van der Waals surface area contributed by atoms with E-state index in [0.29, 0.717) is 11.1 Å². The van der Waals surface area contributed by atoms with Crippen LogP contribution in [0.1, 0.15) is 17.6 Å². The zero-order chi connectivity index (χ0) is 10.3. The van der Waals surface area contributed by atoms with Crippen molar-refractivity contribution >= 4 is 27.1 Å². The molecule has 0 aliphatic carbocycles. The molecule has 0 fully saturated rings. The first-order valence-electron chi connectivity index (χ1n) is 4.15. The standard InChI is InChI=1S/C10H9F2NS/c1-5-2-3-6(10(11)12)8-7(13)4-14-9(5)8/h2-4,10H,13H2,1H3. The average Bonchev–Trinajstić information content (AvgIpc) is 2.50. The Labute approximate surface area is 84.2 Å². The predicted molar refractivity (Wildman–Crippen MR) is 55.9 cm³/mol. The Kier molecular flexibility index (Phi) is 2.15. The molecule has 0 radical (unpaired) electrons. The van der Waals surface area contributed by atoms with E-state index in [1.54, 1.807) is 11.4 Å². The van der Waals surface area contributed by atoms with Gasteiger partial charge in [-0.3, -0.25) is 0 Å². The monoisotopic (exact) mass is 213 g/mol. The van der Waals surface area contributed by atoms with Crippen molar-refractivity contribution in [2.24, 2.45) is 0 Å². The van der Waals surface area contributed by atoms with Crippen LogP contribution in [0.2, 0.25) is 0 Å². The third-order valence-corrected chi connectivity index (χ3v) is 3.35. The summed E-state index contributed by atoms with van der Waals surface area (Å²) in [5, 5.41) is 2.23. The molecule has 0 spiro atoms. The van der Waals surface area contributed by atoms with Crippen LogP contribution in [0.4, 0.5) is 14.5 Å². The fourth-order valence-corrected chi connectivity index (χ4v) is 2.49. The summed E-state index contributed by atoms with van der Waals surface area (Å²) in [6.45, 7) is 1.90. The maximum Gasteiger partial charge on any atom is 0.264 e. The van der Waals surface area contributed by atoms with Crippen molar-refractivity contribution in [2.45, 2.75) is 13.3 Å². The van der Waals surface area contributed by atoms with Crippen LogP contribution < -0.4 is 5.73 Å². The van der Waals surface area contributed by atoms with Gasteiger partial charge in [0.25, 0.3) is 6.43 Å². The second kappa shape index (κ2) is 3.20. The molecular weight excluding hydrogens is 204 g/mol. The lowest BCUT2D eigenvalue weighted by Gasteiger charge is -2.04. The molecule has 0 amide bonds. The molecule has 4 heteroatoms. The van der Waals surface area contributed by atoms with E-state index in [0.717, 1.165) is 10.3 Å². The van der Waals surface area contributed by atoms with E-state index in [2.05, 4.69) is 0 Å². The second-order valence-corrected chi connectivity index (χ2v) is 4.05. The summed E-state index contributed by atoms with van der Waals surface area (Å²) in [6, 6.07) is 3.16. The molecule has 0 aliphatic heterocycles. The van der Waals surface area contributed by atoms with Gasteiger partial charge in [-0.1, -0.05) is 12.1 Å². The third-order valence-electron chi connectivity index (χ3n) is 2.21. The highest BCUT2D eigenvalue weighted by molar-refractivity contribution is 7.18. The summed E-state index contributed by atoms with van der Waals surface area (Å²) in [5.41, 5.74) is 7.13. The average molecular weight is 213 g/mol. The van der Waals surface area contributed by atoms with E-state index >= 15 is 0 Å². The molecule has 74 valence electrons. The Morgan fingerprint density at radius 2 is 2.07 bits per heavy atom. The molecule has 0 unspecified atom stereocenters. The van der Waals surface area contributed by atoms with Gasteiger partial charge in [-0.05, 0) is 12.5 Å². The highest BCUT2D eigenvalue weighted by Crippen LogP contribution is 2.37. The van der Waals surface area contributed by atoms with E-state index in [4.69, 9.17) is 5.73 Å². The first kappa shape index (κ1) is 9.40. The van der Waals surface area contributed by atoms with Crippen LogP contribution >= 0.6 is 11.3 Å². The summed E-state index contributed by atoms with van der Waals surface area (Å²) in [6.07, 6.45) is -2.46. The molecule has 0 atom stereocenters. The second-order valence-electron chi connectivity index (χ2n) is 3.17. The van der Waals surface area contributed by atoms with Crippen molar-refractivity contribution in [1.29, 1.82) is 0 Å². The normalized spacial score (nSPS) is 11.4. The third kappa shape index (κ3) is 1.26. The van der Waals surface area contributed by atoms with Crippen LogP contribution in [0.25, 0.3) is 10.1 Å². The number of anilines is 1. The Balaban J connectivity index is 2.85. The van der Waals surface area contributed by atoms with Gasteiger partial charge in [0.15, 0.2) is 0 Å². The van der Waals surface area contributed by atoms with Gasteiger partial charge in [0.05, 0.1) is 5.69 Å². The molecule has 0 aliphatic rings. The quantitative estimate of drug-likeness (QED) is 0.767. The van der Waals surface area contributed by atoms with Crippen molar-refractivity contribution in [2.75, 3.05) is 5.73 Å². The number of fused-ring (bicyclic) bond motifs is 1. The van der Waals surface area contributed by atoms with Gasteiger partial charge in [0.1, 0.15) is 0 Å². The molecule has 0 bridgehead atoms. The van der Waals surface area contributed by atoms with Crippen LogP contribution in [0, 0.1) is 6.92 Å². The molecule has 2 N–H and O–H groups in total. The van der Waals surface area contributed by atoms with Crippen LogP contribution in [-0.2, 0) is 0 Å². The van der Waals surface area contributed by atoms with Gasteiger partial charge in [-0.2, -0.15) is 0 Å². The first-order chi connectivity index (χ1) is 6.61. The smallest absolute Gasteiger partial charge is 0.264 e. The van der Waals surface area contributed by atoms with Crippen molar-refractivity contribution < 1.29 is 8.78 Å². The Morgan fingerprint density at radius 3 is 2.71 bits per heavy atom. The molecule has 1 aromatic heterocycles. The number of hydrogen-bond acceptors (Lipinski definition) is 2. The molecule has 0 saturated heterocycles. The van der Waals surface area contributed by atoms with Crippen LogP contribution in [0.3, 0.4) is 0 Å². The summed E-state index contributed by atoms with van der Waals surface area (Å²) < 4.78 is 26.1. The lowest BCUT2D eigenvalue weighted by molar-refractivity contribution is 0.153. The fourth-order valence-electron chi connectivity index (χ4n) is 1.51. The van der Waals surface area contributed by atoms with Gasteiger partial charge in [0, 0.05) is 21.0 Å². The number of thiophene rings is 1. The van der Waals surface area contributed by atoms with Crippen LogP contribution in [-0.4, -0.2) is 0 Å². The molecule has 1 heterocycles. The number of hydrogen-bond donors (Lipinski definition) is 1. The number of nitrogen functional groups attached to an aromatic ring is 1. The molecule has 2 rings (SSSR count). The van der Waals surface area contributed by atoms with Crippen molar-refractivity contribution in [1.82, 2.24) is 0 Å². The highest BCUT2D eigenvalue weighted by atomic mass is 32.1. The minimum Gasteiger partial charge on any atom is -0.398 e. The van der Waals surface area contributed by atoms with Gasteiger partial charge >= 0.3 is 0 Å². The van der Waals surface area contributed by atoms with Gasteiger partial charge in [-0.25, -0.2) is 8.78 Å². The maximum atomic E-state index is 12.6. The van der Waals surface area contributed by atoms with Crippen LogP contribution in [0.5, 0.6) is 0 Å². The van der Waals surface area contributed by atoms with E-state index in [1.807, 2.05) is 6.92 Å². The van der Waals surface area contributed by atoms with Crippen molar-refractivity contribution in [3.63, 3.8) is 0 Å². The van der Waals surface area contributed by atoms with Gasteiger partial charge in [0.2, 0.25) is 0 Å². The number of alkyl halides is 2. The van der Waals surface area contributed by atoms with E-state index in [9.17, 15) is 8.78 Å². The summed E-state index contributed by atoms with van der Waals surface area (Å²) >= 11 is 1.41. The Bertz CT molecular complexity index is 476. The largest absolute Gasteiger partial charge is 0.398 e. The fraction of sp³-hybridized carbons (Fsp3) is 0.200. The van der Waals surface area contributed by atoms with Crippen LogP contribution in [0.15, 0.2) is 17.5 Å². The molecule has 1 nitrogen and oxygen atoms in total.